The molecule has 0 radical (unpaired) electrons. The molecule has 2 rings (SSSR count). The Morgan fingerprint density at radius 2 is 1.89 bits per heavy atom. The van der Waals surface area contributed by atoms with Crippen LogP contribution in [0.1, 0.15) is 29.5 Å². The summed E-state index contributed by atoms with van der Waals surface area (Å²) in [5, 5.41) is 12.2. The van der Waals surface area contributed by atoms with Gasteiger partial charge in [0.1, 0.15) is 0 Å². The van der Waals surface area contributed by atoms with Crippen LogP contribution in [0.3, 0.4) is 0 Å². The number of unbranched alkanes of at least 4 members (excludes halogenated alkanes) is 1. The summed E-state index contributed by atoms with van der Waals surface area (Å²) in [7, 11) is 0. The number of hydrogen-bond acceptors (Lipinski definition) is 3. The molecule has 27 heavy (non-hydrogen) atoms. The fourth-order valence-electron chi connectivity index (χ4n) is 2.77. The predicted octanol–water partition coefficient (Wildman–Crippen LogP) is 4.00. The van der Waals surface area contributed by atoms with Crippen molar-refractivity contribution in [2.45, 2.75) is 26.7 Å². The van der Waals surface area contributed by atoms with Gasteiger partial charge in [0.25, 0.3) is 0 Å². The quantitative estimate of drug-likeness (QED) is 0.432. The summed E-state index contributed by atoms with van der Waals surface area (Å²) in [6.07, 6.45) is 4.70. The van der Waals surface area contributed by atoms with E-state index in [-0.39, 0.29) is 12.5 Å². The maximum absolute atomic E-state index is 12.3. The van der Waals surface area contributed by atoms with Crippen LogP contribution in [-0.4, -0.2) is 29.3 Å². The van der Waals surface area contributed by atoms with Crippen LogP contribution >= 0.6 is 12.2 Å². The molecule has 4 nitrogen and oxygen atoms in total. The Morgan fingerprint density at radius 1 is 1.15 bits per heavy atom. The van der Waals surface area contributed by atoms with E-state index in [1.165, 1.54) is 11.6 Å². The molecule has 2 aromatic rings. The van der Waals surface area contributed by atoms with E-state index in [1.54, 1.807) is 6.08 Å². The lowest BCUT2D eigenvalue weighted by molar-refractivity contribution is -0.115. The number of carbonyl (C=O) groups is 1. The van der Waals surface area contributed by atoms with Crippen molar-refractivity contribution in [3.05, 3.63) is 71.3 Å². The maximum Gasteiger partial charge on any atom is 0.250 e. The Kier molecular flexibility index (Phi) is 8.17. The molecule has 0 unspecified atom stereocenters. The van der Waals surface area contributed by atoms with Gasteiger partial charge in [-0.3, -0.25) is 10.1 Å². The largest absolute Gasteiger partial charge is 0.396 e. The highest BCUT2D eigenvalue weighted by atomic mass is 32.1. The number of amides is 1. The minimum Gasteiger partial charge on any atom is -0.396 e. The molecule has 0 heterocycles. The van der Waals surface area contributed by atoms with E-state index < -0.39 is 0 Å². The molecule has 0 aromatic heterocycles. The molecular weight excluding hydrogens is 356 g/mol. The summed E-state index contributed by atoms with van der Waals surface area (Å²) in [5.41, 5.74) is 4.19. The van der Waals surface area contributed by atoms with Crippen LogP contribution < -0.4 is 10.2 Å². The third kappa shape index (κ3) is 6.62. The van der Waals surface area contributed by atoms with Crippen LogP contribution in [0.15, 0.2) is 54.6 Å². The first-order valence-electron chi connectivity index (χ1n) is 9.05. The Labute approximate surface area is 166 Å². The normalized spacial score (nSPS) is 10.8. The molecular formula is C22H26N2O2S. The van der Waals surface area contributed by atoms with Gasteiger partial charge in [-0.15, -0.1) is 0 Å². The molecule has 0 saturated carbocycles. The van der Waals surface area contributed by atoms with Crippen molar-refractivity contribution in [3.63, 3.8) is 0 Å². The second kappa shape index (κ2) is 10.6. The number of anilines is 1. The number of aliphatic hydroxyl groups excluding tert-OH is 1. The fraction of sp³-hybridized carbons (Fsp3) is 0.273. The van der Waals surface area contributed by atoms with Crippen LogP contribution in [0.4, 0.5) is 5.69 Å². The third-order valence-corrected chi connectivity index (χ3v) is 4.46. The summed E-state index contributed by atoms with van der Waals surface area (Å²) in [5.74, 6) is -0.263. The van der Waals surface area contributed by atoms with Gasteiger partial charge >= 0.3 is 0 Å². The molecule has 0 aliphatic rings. The molecule has 0 bridgehead atoms. The van der Waals surface area contributed by atoms with Crippen molar-refractivity contribution in [3.8, 4) is 0 Å². The second-order valence-electron chi connectivity index (χ2n) is 6.41. The van der Waals surface area contributed by atoms with Gasteiger partial charge in [0, 0.05) is 24.9 Å². The Balaban J connectivity index is 2.10. The molecule has 2 N–H and O–H groups in total. The Morgan fingerprint density at radius 3 is 2.56 bits per heavy atom. The maximum atomic E-state index is 12.3. The number of nitrogens with zero attached hydrogens (tertiary/aromatic N) is 1. The summed E-state index contributed by atoms with van der Waals surface area (Å²) in [6.45, 7) is 4.84. The van der Waals surface area contributed by atoms with E-state index in [9.17, 15) is 4.79 Å². The SMILES string of the molecule is Cc1ccc(N(CCCCO)C(=S)NC(=O)C=Cc2ccccc2)c(C)c1. The lowest BCUT2D eigenvalue weighted by atomic mass is 10.1. The second-order valence-corrected chi connectivity index (χ2v) is 6.80. The average Bonchev–Trinajstić information content (AvgIpc) is 2.65. The Hall–Kier alpha value is -2.50. The number of thiocarbonyl (C=S) groups is 1. The first kappa shape index (κ1) is 20.8. The van der Waals surface area contributed by atoms with Gasteiger partial charge in [-0.2, -0.15) is 0 Å². The molecule has 0 aliphatic carbocycles. The van der Waals surface area contributed by atoms with E-state index in [0.717, 1.165) is 23.2 Å². The number of rotatable bonds is 7. The van der Waals surface area contributed by atoms with Gasteiger partial charge in [-0.25, -0.2) is 0 Å². The summed E-state index contributed by atoms with van der Waals surface area (Å²) < 4.78 is 0. The molecule has 1 amide bonds. The first-order valence-corrected chi connectivity index (χ1v) is 9.46. The Bertz CT molecular complexity index is 803. The van der Waals surface area contributed by atoms with Crippen molar-refractivity contribution in [2.24, 2.45) is 0 Å². The molecule has 5 heteroatoms. The average molecular weight is 383 g/mol. The smallest absolute Gasteiger partial charge is 0.250 e. The highest BCUT2D eigenvalue weighted by molar-refractivity contribution is 7.80. The fourth-order valence-corrected chi connectivity index (χ4v) is 3.06. The van der Waals surface area contributed by atoms with Gasteiger partial charge < -0.3 is 10.0 Å². The van der Waals surface area contributed by atoms with Crippen LogP contribution in [0.5, 0.6) is 0 Å². The van der Waals surface area contributed by atoms with Crippen LogP contribution in [0, 0.1) is 13.8 Å². The van der Waals surface area contributed by atoms with E-state index in [4.69, 9.17) is 17.3 Å². The molecule has 0 aliphatic heterocycles. The summed E-state index contributed by atoms with van der Waals surface area (Å²) in [6, 6.07) is 15.8. The molecule has 2 aromatic carbocycles. The zero-order chi connectivity index (χ0) is 19.6. The van der Waals surface area contributed by atoms with Gasteiger partial charge in [0.05, 0.1) is 0 Å². The number of aliphatic hydroxyl groups is 1. The van der Waals surface area contributed by atoms with Gasteiger partial charge in [-0.1, -0.05) is 48.0 Å². The van der Waals surface area contributed by atoms with E-state index in [1.807, 2.05) is 61.2 Å². The molecule has 142 valence electrons. The summed E-state index contributed by atoms with van der Waals surface area (Å²) in [4.78, 5) is 14.2. The standard InChI is InChI=1S/C22H26N2O2S/c1-17-10-12-20(18(2)16-17)24(14-6-7-15-25)22(27)23-21(26)13-11-19-8-4-3-5-9-19/h3-5,8-13,16,25H,6-7,14-15H2,1-2H3,(H,23,26,27). The van der Waals surface area contributed by atoms with E-state index >= 15 is 0 Å². The zero-order valence-corrected chi connectivity index (χ0v) is 16.6. The number of benzene rings is 2. The number of nitrogens with one attached hydrogen (secondary N) is 1. The van der Waals surface area contributed by atoms with Crippen LogP contribution in [0.25, 0.3) is 6.08 Å². The zero-order valence-electron chi connectivity index (χ0n) is 15.8. The highest BCUT2D eigenvalue weighted by Gasteiger charge is 2.15. The molecule has 0 fully saturated rings. The number of aryl methyl sites for hydroxylation is 2. The predicted molar refractivity (Wildman–Crippen MR) is 116 cm³/mol. The lowest BCUT2D eigenvalue weighted by Gasteiger charge is -2.27. The van der Waals surface area contributed by atoms with Crippen molar-refractivity contribution < 1.29 is 9.90 Å². The molecule has 0 saturated heterocycles. The van der Waals surface area contributed by atoms with E-state index in [0.29, 0.717) is 18.1 Å². The third-order valence-electron chi connectivity index (χ3n) is 4.13. The topological polar surface area (TPSA) is 52.6 Å². The van der Waals surface area contributed by atoms with E-state index in [2.05, 4.69) is 11.4 Å². The molecule has 0 atom stereocenters. The van der Waals surface area contributed by atoms with Crippen molar-refractivity contribution in [2.75, 3.05) is 18.1 Å². The van der Waals surface area contributed by atoms with Crippen LogP contribution in [0.2, 0.25) is 0 Å². The van der Waals surface area contributed by atoms with Gasteiger partial charge in [-0.05, 0) is 62.2 Å². The van der Waals surface area contributed by atoms with Gasteiger partial charge in [0.2, 0.25) is 5.91 Å². The molecule has 0 spiro atoms. The van der Waals surface area contributed by atoms with Crippen LogP contribution in [-0.2, 0) is 4.79 Å². The van der Waals surface area contributed by atoms with Crippen molar-refractivity contribution in [1.29, 1.82) is 0 Å². The monoisotopic (exact) mass is 382 g/mol. The highest BCUT2D eigenvalue weighted by Crippen LogP contribution is 2.22. The van der Waals surface area contributed by atoms with Crippen molar-refractivity contribution >= 4 is 35.0 Å². The first-order chi connectivity index (χ1) is 13.0. The number of carbonyl (C=O) groups excluding carboxylic acids is 1. The minimum atomic E-state index is -0.263. The van der Waals surface area contributed by atoms with Gasteiger partial charge in [0.15, 0.2) is 5.11 Å². The lowest BCUT2D eigenvalue weighted by Crippen LogP contribution is -2.43. The van der Waals surface area contributed by atoms with Crippen molar-refractivity contribution in [1.82, 2.24) is 5.32 Å². The minimum absolute atomic E-state index is 0.139. The number of hydrogen-bond donors (Lipinski definition) is 2. The summed E-state index contributed by atoms with van der Waals surface area (Å²) >= 11 is 5.50.